The monoisotopic (exact) mass is 346 g/mol. The van der Waals surface area contributed by atoms with Gasteiger partial charge in [-0.3, -0.25) is 4.72 Å². The average Bonchev–Trinajstić information content (AvgIpc) is 2.43. The summed E-state index contributed by atoms with van der Waals surface area (Å²) >= 11 is 7.14. The van der Waals surface area contributed by atoms with E-state index in [9.17, 15) is 12.8 Å². The number of nitrogen functional groups attached to an aromatic ring is 1. The maximum atomic E-state index is 13.9. The van der Waals surface area contributed by atoms with Gasteiger partial charge < -0.3 is 5.73 Å². The van der Waals surface area contributed by atoms with Gasteiger partial charge in [-0.05, 0) is 42.7 Å². The van der Waals surface area contributed by atoms with E-state index >= 15 is 0 Å². The topological polar surface area (TPSA) is 72.2 Å². The van der Waals surface area contributed by atoms with E-state index < -0.39 is 20.7 Å². The van der Waals surface area contributed by atoms with Crippen molar-refractivity contribution in [3.05, 3.63) is 47.2 Å². The van der Waals surface area contributed by atoms with E-state index in [0.29, 0.717) is 5.69 Å². The van der Waals surface area contributed by atoms with Gasteiger partial charge in [0.1, 0.15) is 4.90 Å². The van der Waals surface area contributed by atoms with Gasteiger partial charge in [0.2, 0.25) is 0 Å². The Kier molecular flexibility index (Phi) is 4.65. The van der Waals surface area contributed by atoms with Crippen molar-refractivity contribution in [2.24, 2.45) is 0 Å². The predicted octanol–water partition coefficient (Wildman–Crippen LogP) is 3.58. The van der Waals surface area contributed by atoms with Gasteiger partial charge in [0.15, 0.2) is 5.82 Å². The van der Waals surface area contributed by atoms with Gasteiger partial charge in [0.25, 0.3) is 10.0 Å². The highest BCUT2D eigenvalue weighted by Crippen LogP contribution is 2.27. The largest absolute Gasteiger partial charge is 0.399 e. The Labute approximate surface area is 131 Å². The molecule has 0 fully saturated rings. The normalized spacial score (nSPS) is 11.4. The molecule has 0 bridgehead atoms. The maximum absolute atomic E-state index is 13.9. The van der Waals surface area contributed by atoms with Crippen molar-refractivity contribution in [2.45, 2.75) is 9.79 Å². The van der Waals surface area contributed by atoms with Gasteiger partial charge in [-0.15, -0.1) is 11.8 Å². The molecule has 0 aliphatic rings. The summed E-state index contributed by atoms with van der Waals surface area (Å²) in [6.45, 7) is 0. The number of anilines is 2. The summed E-state index contributed by atoms with van der Waals surface area (Å²) in [5, 5.41) is -0.340. The minimum atomic E-state index is -4.10. The molecule has 8 heteroatoms. The molecule has 2 aromatic carbocycles. The summed E-state index contributed by atoms with van der Waals surface area (Å²) in [7, 11) is -4.10. The van der Waals surface area contributed by atoms with Gasteiger partial charge in [-0.25, -0.2) is 12.8 Å². The fourth-order valence-electron chi connectivity index (χ4n) is 1.65. The van der Waals surface area contributed by atoms with Crippen LogP contribution in [0.15, 0.2) is 46.2 Å². The molecule has 0 atom stereocenters. The Morgan fingerprint density at radius 3 is 2.43 bits per heavy atom. The molecular formula is C13H12ClFN2O2S2. The lowest BCUT2D eigenvalue weighted by molar-refractivity contribution is 0.571. The van der Waals surface area contributed by atoms with Crippen LogP contribution in [-0.4, -0.2) is 14.7 Å². The zero-order chi connectivity index (χ0) is 15.6. The van der Waals surface area contributed by atoms with Crippen molar-refractivity contribution >= 4 is 44.8 Å². The number of hydrogen-bond acceptors (Lipinski definition) is 4. The van der Waals surface area contributed by atoms with Gasteiger partial charge in [0.05, 0.1) is 5.02 Å². The van der Waals surface area contributed by atoms with Crippen LogP contribution in [0.5, 0.6) is 0 Å². The summed E-state index contributed by atoms with van der Waals surface area (Å²) in [6, 6.07) is 8.88. The van der Waals surface area contributed by atoms with Crippen molar-refractivity contribution in [3.63, 3.8) is 0 Å². The molecule has 3 N–H and O–H groups in total. The third kappa shape index (κ3) is 3.61. The van der Waals surface area contributed by atoms with E-state index in [2.05, 4.69) is 4.72 Å². The number of halogens is 2. The van der Waals surface area contributed by atoms with E-state index in [4.69, 9.17) is 17.3 Å². The Morgan fingerprint density at radius 2 is 1.86 bits per heavy atom. The number of thioether (sulfide) groups is 1. The Bertz CT molecular complexity index is 764. The minimum Gasteiger partial charge on any atom is -0.399 e. The van der Waals surface area contributed by atoms with Crippen molar-refractivity contribution in [1.82, 2.24) is 0 Å². The smallest absolute Gasteiger partial charge is 0.264 e. The molecule has 112 valence electrons. The summed E-state index contributed by atoms with van der Waals surface area (Å²) in [5.41, 5.74) is 5.90. The molecule has 0 spiro atoms. The SMILES string of the molecule is CSc1ccc(NS(=O)(=O)c2cc(N)cc(Cl)c2F)cc1. The third-order valence-electron chi connectivity index (χ3n) is 2.65. The molecule has 4 nitrogen and oxygen atoms in total. The first-order valence-electron chi connectivity index (χ1n) is 5.75. The molecule has 0 aliphatic carbocycles. The first kappa shape index (κ1) is 15.9. The molecule has 0 radical (unpaired) electrons. The maximum Gasteiger partial charge on any atom is 0.264 e. The summed E-state index contributed by atoms with van der Waals surface area (Å²) in [5.74, 6) is -1.03. The molecule has 0 aliphatic heterocycles. The molecule has 0 heterocycles. The number of nitrogens with one attached hydrogen (secondary N) is 1. The van der Waals surface area contributed by atoms with E-state index in [-0.39, 0.29) is 10.7 Å². The van der Waals surface area contributed by atoms with Crippen LogP contribution in [0.1, 0.15) is 0 Å². The van der Waals surface area contributed by atoms with Gasteiger partial charge in [0, 0.05) is 16.3 Å². The zero-order valence-corrected chi connectivity index (χ0v) is 13.3. The highest BCUT2D eigenvalue weighted by Gasteiger charge is 2.22. The minimum absolute atomic E-state index is 0.0690. The third-order valence-corrected chi connectivity index (χ3v) is 5.05. The van der Waals surface area contributed by atoms with Crippen LogP contribution in [0.4, 0.5) is 15.8 Å². The quantitative estimate of drug-likeness (QED) is 0.655. The number of nitrogens with two attached hydrogens (primary N) is 1. The highest BCUT2D eigenvalue weighted by atomic mass is 35.5. The molecule has 0 aromatic heterocycles. The summed E-state index contributed by atoms with van der Waals surface area (Å²) in [4.78, 5) is 0.401. The first-order valence-corrected chi connectivity index (χ1v) is 8.83. The molecule has 2 aromatic rings. The Balaban J connectivity index is 2.38. The average molecular weight is 347 g/mol. The van der Waals surface area contributed by atoms with Crippen molar-refractivity contribution < 1.29 is 12.8 Å². The lowest BCUT2D eigenvalue weighted by Gasteiger charge is -2.10. The lowest BCUT2D eigenvalue weighted by Crippen LogP contribution is -2.15. The van der Waals surface area contributed by atoms with E-state index in [1.54, 1.807) is 24.3 Å². The van der Waals surface area contributed by atoms with E-state index in [1.165, 1.54) is 11.8 Å². The second-order valence-electron chi connectivity index (χ2n) is 4.15. The summed E-state index contributed by atoms with van der Waals surface area (Å²) in [6.07, 6.45) is 1.91. The Hall–Kier alpha value is -1.44. The number of sulfonamides is 1. The zero-order valence-electron chi connectivity index (χ0n) is 10.9. The van der Waals surface area contributed by atoms with Crippen LogP contribution >= 0.6 is 23.4 Å². The molecular weight excluding hydrogens is 335 g/mol. The highest BCUT2D eigenvalue weighted by molar-refractivity contribution is 7.98. The standard InChI is InChI=1S/C13H12ClFN2O2S2/c1-20-10-4-2-9(3-5-10)17-21(18,19)12-7-8(16)6-11(14)13(12)15/h2-7,17H,16H2,1H3. The second-order valence-corrected chi connectivity index (χ2v) is 7.09. The van der Waals surface area contributed by atoms with Crippen LogP contribution in [0.2, 0.25) is 5.02 Å². The molecule has 0 saturated heterocycles. The molecule has 0 unspecified atom stereocenters. The Morgan fingerprint density at radius 1 is 1.24 bits per heavy atom. The van der Waals surface area contributed by atoms with Gasteiger partial charge in [-0.2, -0.15) is 0 Å². The van der Waals surface area contributed by atoms with Crippen molar-refractivity contribution in [1.29, 1.82) is 0 Å². The fourth-order valence-corrected chi connectivity index (χ4v) is 3.53. The van der Waals surface area contributed by atoms with Crippen LogP contribution in [-0.2, 0) is 10.0 Å². The number of hydrogen-bond donors (Lipinski definition) is 2. The van der Waals surface area contributed by atoms with Gasteiger partial charge >= 0.3 is 0 Å². The second kappa shape index (κ2) is 6.13. The van der Waals surface area contributed by atoms with Crippen LogP contribution in [0.3, 0.4) is 0 Å². The van der Waals surface area contributed by atoms with E-state index in [0.717, 1.165) is 17.0 Å². The van der Waals surface area contributed by atoms with Crippen molar-refractivity contribution in [2.75, 3.05) is 16.7 Å². The lowest BCUT2D eigenvalue weighted by atomic mass is 10.3. The molecule has 0 amide bonds. The molecule has 21 heavy (non-hydrogen) atoms. The van der Waals surface area contributed by atoms with Crippen LogP contribution in [0.25, 0.3) is 0 Å². The van der Waals surface area contributed by atoms with Gasteiger partial charge in [-0.1, -0.05) is 11.6 Å². The first-order chi connectivity index (χ1) is 9.83. The summed E-state index contributed by atoms with van der Waals surface area (Å²) < 4.78 is 40.6. The molecule has 2 rings (SSSR count). The van der Waals surface area contributed by atoms with Crippen LogP contribution in [0, 0.1) is 5.82 Å². The van der Waals surface area contributed by atoms with Crippen LogP contribution < -0.4 is 10.5 Å². The molecule has 0 saturated carbocycles. The van der Waals surface area contributed by atoms with E-state index in [1.807, 2.05) is 6.26 Å². The number of rotatable bonds is 4. The van der Waals surface area contributed by atoms with Crippen molar-refractivity contribution in [3.8, 4) is 0 Å². The predicted molar refractivity (Wildman–Crippen MR) is 84.9 cm³/mol. The fraction of sp³-hybridized carbons (Fsp3) is 0.0769. The number of benzene rings is 2.